The first-order valence-corrected chi connectivity index (χ1v) is 8.03. The number of nitrogens with zero attached hydrogens (tertiary/aromatic N) is 3. The minimum absolute atomic E-state index is 0.0562. The molecule has 0 bridgehead atoms. The Labute approximate surface area is 138 Å². The maximum atomic E-state index is 6.06. The van der Waals surface area contributed by atoms with Gasteiger partial charge < -0.3 is 14.2 Å². The molecule has 3 rings (SSSR count). The Hall–Kier alpha value is -1.66. The molecule has 2 heterocycles. The molecule has 0 N–H and O–H groups in total. The molecule has 0 saturated carbocycles. The highest BCUT2D eigenvalue weighted by Gasteiger charge is 2.44. The molecule has 2 atom stereocenters. The smallest absolute Gasteiger partial charge is 0.402 e. The number of amidine groups is 2. The lowest BCUT2D eigenvalue weighted by molar-refractivity contribution is 0.0842. The van der Waals surface area contributed by atoms with Gasteiger partial charge in [0.15, 0.2) is 0 Å². The molecule has 1 fully saturated rings. The fourth-order valence-corrected chi connectivity index (χ4v) is 2.84. The first-order chi connectivity index (χ1) is 10.8. The zero-order chi connectivity index (χ0) is 16.8. The Morgan fingerprint density at radius 1 is 1.26 bits per heavy atom. The molecule has 0 spiro atoms. The van der Waals surface area contributed by atoms with Gasteiger partial charge in [-0.2, -0.15) is 0 Å². The third kappa shape index (κ3) is 3.05. The molecule has 0 radical (unpaired) electrons. The molecule has 1 aromatic rings. The maximum absolute atomic E-state index is 6.06. The van der Waals surface area contributed by atoms with Gasteiger partial charge in [0.05, 0.1) is 11.7 Å². The third-order valence-electron chi connectivity index (χ3n) is 4.71. The van der Waals surface area contributed by atoms with Gasteiger partial charge in [-0.1, -0.05) is 24.3 Å². The van der Waals surface area contributed by atoms with Crippen molar-refractivity contribution in [2.45, 2.75) is 52.5 Å². The van der Waals surface area contributed by atoms with Crippen LogP contribution in [0.5, 0.6) is 0 Å². The van der Waals surface area contributed by atoms with Crippen LogP contribution in [0.4, 0.5) is 0 Å². The zero-order valence-corrected chi connectivity index (χ0v) is 14.7. The van der Waals surface area contributed by atoms with E-state index in [4.69, 9.17) is 9.31 Å². The lowest BCUT2D eigenvalue weighted by atomic mass is 9.78. The van der Waals surface area contributed by atoms with Crippen molar-refractivity contribution in [3.05, 3.63) is 29.8 Å². The number of hydrogen-bond donors (Lipinski definition) is 0. The van der Waals surface area contributed by atoms with Crippen molar-refractivity contribution < 1.29 is 9.31 Å². The van der Waals surface area contributed by atoms with Gasteiger partial charge in [-0.05, 0) is 45.6 Å². The summed E-state index contributed by atoms with van der Waals surface area (Å²) in [5.41, 5.74) is 1.87. The second-order valence-electron chi connectivity index (χ2n) is 6.82. The van der Waals surface area contributed by atoms with E-state index in [1.807, 2.05) is 40.0 Å². The Kier molecular flexibility index (Phi) is 4.06. The van der Waals surface area contributed by atoms with Gasteiger partial charge in [0.25, 0.3) is 0 Å². The fraction of sp³-hybridized carbons (Fsp3) is 0.529. The molecule has 1 saturated heterocycles. The molecular weight excluding hydrogens is 289 g/mol. The van der Waals surface area contributed by atoms with Crippen LogP contribution in [-0.4, -0.2) is 42.4 Å². The maximum Gasteiger partial charge on any atom is 0.494 e. The predicted octanol–water partition coefficient (Wildman–Crippen LogP) is 2.38. The van der Waals surface area contributed by atoms with Crippen LogP contribution in [-0.2, 0) is 9.31 Å². The average molecular weight is 313 g/mol. The summed E-state index contributed by atoms with van der Waals surface area (Å²) in [6.45, 7) is 10.1. The first-order valence-electron chi connectivity index (χ1n) is 8.03. The SMILES string of the molecule is CC1=NC(c2cccc(B3OC(C)C(C)(C)O3)c2)N(C)C(C)=N1. The van der Waals surface area contributed by atoms with E-state index in [9.17, 15) is 0 Å². The topological polar surface area (TPSA) is 46.4 Å². The summed E-state index contributed by atoms with van der Waals surface area (Å²) in [6.07, 6.45) is 0.00226. The second-order valence-corrected chi connectivity index (χ2v) is 6.82. The van der Waals surface area contributed by atoms with Crippen molar-refractivity contribution in [1.82, 2.24) is 4.90 Å². The van der Waals surface area contributed by atoms with E-state index in [-0.39, 0.29) is 25.0 Å². The van der Waals surface area contributed by atoms with E-state index in [1.165, 1.54) is 0 Å². The highest BCUT2D eigenvalue weighted by Crippen LogP contribution is 2.28. The van der Waals surface area contributed by atoms with Crippen LogP contribution >= 0.6 is 0 Å². The van der Waals surface area contributed by atoms with Crippen LogP contribution in [0.25, 0.3) is 0 Å². The quantitative estimate of drug-likeness (QED) is 0.788. The summed E-state index contributed by atoms with van der Waals surface area (Å²) in [4.78, 5) is 11.2. The minimum Gasteiger partial charge on any atom is -0.402 e. The molecule has 0 aliphatic carbocycles. The zero-order valence-electron chi connectivity index (χ0n) is 14.7. The van der Waals surface area contributed by atoms with E-state index in [0.29, 0.717) is 0 Å². The van der Waals surface area contributed by atoms with Crippen LogP contribution in [0, 0.1) is 0 Å². The summed E-state index contributed by atoms with van der Waals surface area (Å²) in [7, 11) is 1.69. The van der Waals surface area contributed by atoms with Gasteiger partial charge in [0.2, 0.25) is 0 Å². The molecular formula is C17H24BN3O2. The highest BCUT2D eigenvalue weighted by molar-refractivity contribution is 6.62. The molecule has 23 heavy (non-hydrogen) atoms. The molecule has 6 heteroatoms. The van der Waals surface area contributed by atoms with Crippen molar-refractivity contribution >= 4 is 24.3 Å². The van der Waals surface area contributed by atoms with Crippen LogP contribution in [0.3, 0.4) is 0 Å². The van der Waals surface area contributed by atoms with Crippen molar-refractivity contribution in [2.75, 3.05) is 7.05 Å². The Morgan fingerprint density at radius 3 is 2.65 bits per heavy atom. The Balaban J connectivity index is 1.88. The summed E-state index contributed by atoms with van der Waals surface area (Å²) >= 11 is 0. The molecule has 122 valence electrons. The highest BCUT2D eigenvalue weighted by atomic mass is 16.7. The molecule has 2 unspecified atom stereocenters. The second kappa shape index (κ2) is 5.76. The summed E-state index contributed by atoms with van der Waals surface area (Å²) < 4.78 is 12.0. The molecule has 0 amide bonds. The normalized spacial score (nSPS) is 27.0. The summed E-state index contributed by atoms with van der Waals surface area (Å²) in [6, 6.07) is 8.29. The molecule has 5 nitrogen and oxygen atoms in total. The summed E-state index contributed by atoms with van der Waals surface area (Å²) in [5, 5.41) is 0. The third-order valence-corrected chi connectivity index (χ3v) is 4.71. The monoisotopic (exact) mass is 313 g/mol. The van der Waals surface area contributed by atoms with Crippen molar-refractivity contribution in [2.24, 2.45) is 9.98 Å². The number of rotatable bonds is 2. The Bertz CT molecular complexity index is 672. The van der Waals surface area contributed by atoms with Gasteiger partial charge in [0, 0.05) is 7.05 Å². The number of benzene rings is 1. The van der Waals surface area contributed by atoms with Gasteiger partial charge >= 0.3 is 7.12 Å². The first kappa shape index (κ1) is 16.2. The van der Waals surface area contributed by atoms with Gasteiger partial charge in [-0.15, -0.1) is 0 Å². The van der Waals surface area contributed by atoms with E-state index in [2.05, 4.69) is 40.9 Å². The van der Waals surface area contributed by atoms with Gasteiger partial charge in [0.1, 0.15) is 17.8 Å². The number of hydrogen-bond acceptors (Lipinski definition) is 5. The molecule has 1 aromatic carbocycles. The fourth-order valence-electron chi connectivity index (χ4n) is 2.84. The van der Waals surface area contributed by atoms with Crippen LogP contribution < -0.4 is 5.46 Å². The van der Waals surface area contributed by atoms with Crippen LogP contribution in [0.1, 0.15) is 46.3 Å². The summed E-state index contributed by atoms with van der Waals surface area (Å²) in [5.74, 6) is 1.77. The van der Waals surface area contributed by atoms with E-state index >= 15 is 0 Å². The standard InChI is InChI=1S/C17H24BN3O2/c1-11-17(4,5)23-18(22-11)15-9-7-8-14(10-15)16-20-12(2)19-13(3)21(16)6/h7-11,16H,1-6H3. The molecule has 2 aliphatic rings. The van der Waals surface area contributed by atoms with Crippen molar-refractivity contribution in [3.8, 4) is 0 Å². The Morgan fingerprint density at radius 2 is 2.00 bits per heavy atom. The average Bonchev–Trinajstić information content (AvgIpc) is 2.77. The van der Waals surface area contributed by atoms with E-state index in [1.54, 1.807) is 0 Å². The van der Waals surface area contributed by atoms with Crippen LogP contribution in [0.15, 0.2) is 34.3 Å². The predicted molar refractivity (Wildman–Crippen MR) is 94.3 cm³/mol. The minimum atomic E-state index is -0.325. The largest absolute Gasteiger partial charge is 0.494 e. The van der Waals surface area contributed by atoms with Crippen molar-refractivity contribution in [1.29, 1.82) is 0 Å². The van der Waals surface area contributed by atoms with Gasteiger partial charge in [-0.25, -0.2) is 9.98 Å². The number of aliphatic imine (C=N–C) groups is 2. The van der Waals surface area contributed by atoms with Crippen molar-refractivity contribution in [3.63, 3.8) is 0 Å². The lowest BCUT2D eigenvalue weighted by Crippen LogP contribution is -2.36. The van der Waals surface area contributed by atoms with E-state index in [0.717, 1.165) is 22.7 Å². The lowest BCUT2D eigenvalue weighted by Gasteiger charge is -2.30. The van der Waals surface area contributed by atoms with Crippen LogP contribution in [0.2, 0.25) is 0 Å². The molecule has 2 aliphatic heterocycles. The molecule has 0 aromatic heterocycles. The van der Waals surface area contributed by atoms with Gasteiger partial charge in [-0.3, -0.25) is 0 Å². The van der Waals surface area contributed by atoms with E-state index < -0.39 is 0 Å².